The minimum atomic E-state index is 0.404. The lowest BCUT2D eigenvalue weighted by molar-refractivity contribution is 0.493. The van der Waals surface area contributed by atoms with E-state index in [0.717, 1.165) is 19.0 Å². The molecule has 1 saturated heterocycles. The quantitative estimate of drug-likeness (QED) is 0.756. The number of rotatable bonds is 0. The second-order valence-electron chi connectivity index (χ2n) is 5.56. The number of likely N-dealkylation sites (tertiary alicyclic amines) is 1. The van der Waals surface area contributed by atoms with E-state index in [1.165, 1.54) is 48.9 Å². The smallest absolute Gasteiger partial charge is 0.199 e. The molecule has 4 rings (SSSR count). The van der Waals surface area contributed by atoms with Crippen molar-refractivity contribution >= 4 is 11.6 Å². The third-order valence-corrected chi connectivity index (χ3v) is 4.38. The number of aliphatic imine (C=N–C) groups is 1. The van der Waals surface area contributed by atoms with Crippen LogP contribution in [0.1, 0.15) is 42.9 Å². The van der Waals surface area contributed by atoms with E-state index in [9.17, 15) is 0 Å². The third kappa shape index (κ3) is 1.53. The SMILES string of the molecule is c1cc2c3c(c1)NC(N1CCCC1)=NC3CCC2. The van der Waals surface area contributed by atoms with E-state index in [0.29, 0.717) is 6.04 Å². The highest BCUT2D eigenvalue weighted by Gasteiger charge is 2.29. The van der Waals surface area contributed by atoms with Crippen LogP contribution in [-0.2, 0) is 6.42 Å². The summed E-state index contributed by atoms with van der Waals surface area (Å²) < 4.78 is 0. The Bertz CT molecular complexity index is 500. The van der Waals surface area contributed by atoms with E-state index < -0.39 is 0 Å². The first kappa shape index (κ1) is 10.4. The highest BCUT2D eigenvalue weighted by atomic mass is 15.3. The maximum atomic E-state index is 4.97. The van der Waals surface area contributed by atoms with Crippen LogP contribution in [0, 0.1) is 0 Å². The minimum Gasteiger partial charge on any atom is -0.343 e. The van der Waals surface area contributed by atoms with Crippen LogP contribution < -0.4 is 5.32 Å². The number of aryl methyl sites for hydroxylation is 1. The van der Waals surface area contributed by atoms with Crippen LogP contribution in [0.25, 0.3) is 0 Å². The van der Waals surface area contributed by atoms with E-state index in [-0.39, 0.29) is 0 Å². The predicted octanol–water partition coefficient (Wildman–Crippen LogP) is 2.94. The average Bonchev–Trinajstić information content (AvgIpc) is 2.93. The van der Waals surface area contributed by atoms with Crippen molar-refractivity contribution in [1.29, 1.82) is 0 Å². The van der Waals surface area contributed by atoms with E-state index in [1.54, 1.807) is 0 Å². The molecule has 0 bridgehead atoms. The fourth-order valence-corrected chi connectivity index (χ4v) is 3.48. The maximum absolute atomic E-state index is 4.97. The van der Waals surface area contributed by atoms with Crippen LogP contribution in [0.3, 0.4) is 0 Å². The highest BCUT2D eigenvalue weighted by Crippen LogP contribution is 2.40. The van der Waals surface area contributed by atoms with Gasteiger partial charge >= 0.3 is 0 Å². The summed E-state index contributed by atoms with van der Waals surface area (Å²) in [6, 6.07) is 7.06. The van der Waals surface area contributed by atoms with Crippen molar-refractivity contribution in [3.05, 3.63) is 29.3 Å². The summed E-state index contributed by atoms with van der Waals surface area (Å²) in [4.78, 5) is 7.37. The molecule has 1 aromatic carbocycles. The van der Waals surface area contributed by atoms with Gasteiger partial charge in [-0.1, -0.05) is 12.1 Å². The van der Waals surface area contributed by atoms with Crippen LogP contribution in [0.4, 0.5) is 5.69 Å². The van der Waals surface area contributed by atoms with Gasteiger partial charge in [-0.25, -0.2) is 4.99 Å². The number of nitrogens with zero attached hydrogens (tertiary/aromatic N) is 2. The fourth-order valence-electron chi connectivity index (χ4n) is 3.48. The molecule has 0 radical (unpaired) electrons. The van der Waals surface area contributed by atoms with Crippen molar-refractivity contribution in [2.75, 3.05) is 18.4 Å². The Hall–Kier alpha value is -1.51. The molecule has 1 fully saturated rings. The normalized spacial score (nSPS) is 25.4. The van der Waals surface area contributed by atoms with E-state index in [2.05, 4.69) is 28.4 Å². The first-order valence-electron chi connectivity index (χ1n) is 7.13. The molecule has 1 unspecified atom stereocenters. The van der Waals surface area contributed by atoms with Crippen molar-refractivity contribution in [1.82, 2.24) is 4.90 Å². The summed E-state index contributed by atoms with van der Waals surface area (Å²) in [6.07, 6.45) is 6.31. The molecule has 3 nitrogen and oxygen atoms in total. The molecule has 0 aromatic heterocycles. The second-order valence-corrected chi connectivity index (χ2v) is 5.56. The Labute approximate surface area is 108 Å². The Balaban J connectivity index is 1.74. The Morgan fingerprint density at radius 2 is 2.06 bits per heavy atom. The van der Waals surface area contributed by atoms with Crippen molar-refractivity contribution in [3.63, 3.8) is 0 Å². The number of anilines is 1. The lowest BCUT2D eigenvalue weighted by Crippen LogP contribution is -2.37. The summed E-state index contributed by atoms with van der Waals surface area (Å²) in [7, 11) is 0. The first-order chi connectivity index (χ1) is 8.92. The molecule has 0 spiro atoms. The second kappa shape index (κ2) is 4.01. The molecule has 3 heteroatoms. The van der Waals surface area contributed by atoms with Gasteiger partial charge in [-0.05, 0) is 43.7 Å². The van der Waals surface area contributed by atoms with Gasteiger partial charge in [0, 0.05) is 24.3 Å². The van der Waals surface area contributed by atoms with Gasteiger partial charge in [0.25, 0.3) is 0 Å². The fraction of sp³-hybridized carbons (Fsp3) is 0.533. The standard InChI is InChI=1S/C15H19N3/c1-2-10-18(9-1)15-16-12-7-3-5-11-6-4-8-13(17-15)14(11)12/h3,5,7,13H,1-2,4,6,8-10H2,(H,16,17). The van der Waals surface area contributed by atoms with Crippen LogP contribution in [-0.4, -0.2) is 23.9 Å². The topological polar surface area (TPSA) is 27.6 Å². The Morgan fingerprint density at radius 1 is 1.17 bits per heavy atom. The summed E-state index contributed by atoms with van der Waals surface area (Å²) in [5, 5.41) is 3.55. The number of guanidine groups is 1. The maximum Gasteiger partial charge on any atom is 0.199 e. The van der Waals surface area contributed by atoms with E-state index >= 15 is 0 Å². The molecule has 18 heavy (non-hydrogen) atoms. The molecular weight excluding hydrogens is 222 g/mol. The van der Waals surface area contributed by atoms with Gasteiger partial charge in [0.1, 0.15) is 0 Å². The molecule has 0 amide bonds. The molecule has 3 aliphatic rings. The molecule has 1 N–H and O–H groups in total. The van der Waals surface area contributed by atoms with Crippen LogP contribution in [0.5, 0.6) is 0 Å². The first-order valence-corrected chi connectivity index (χ1v) is 7.13. The zero-order chi connectivity index (χ0) is 11.9. The molecule has 2 heterocycles. The number of benzene rings is 1. The van der Waals surface area contributed by atoms with Gasteiger partial charge in [-0.15, -0.1) is 0 Å². The highest BCUT2D eigenvalue weighted by molar-refractivity contribution is 5.96. The van der Waals surface area contributed by atoms with Crippen LogP contribution >= 0.6 is 0 Å². The van der Waals surface area contributed by atoms with Gasteiger partial charge in [0.05, 0.1) is 6.04 Å². The zero-order valence-corrected chi connectivity index (χ0v) is 10.7. The third-order valence-electron chi connectivity index (χ3n) is 4.38. The molecule has 1 aromatic rings. The number of hydrogen-bond acceptors (Lipinski definition) is 3. The minimum absolute atomic E-state index is 0.404. The summed E-state index contributed by atoms with van der Waals surface area (Å²) in [5.74, 6) is 1.11. The average molecular weight is 241 g/mol. The van der Waals surface area contributed by atoms with Gasteiger partial charge < -0.3 is 10.2 Å². The molecule has 2 aliphatic heterocycles. The van der Waals surface area contributed by atoms with Gasteiger partial charge in [0.15, 0.2) is 5.96 Å². The summed E-state index contributed by atoms with van der Waals surface area (Å²) in [6.45, 7) is 2.32. The lowest BCUT2D eigenvalue weighted by atomic mass is 9.86. The van der Waals surface area contributed by atoms with Crippen molar-refractivity contribution in [2.45, 2.75) is 38.1 Å². The van der Waals surface area contributed by atoms with Gasteiger partial charge in [-0.3, -0.25) is 0 Å². The van der Waals surface area contributed by atoms with E-state index in [1.807, 2.05) is 0 Å². The molecule has 1 aliphatic carbocycles. The molecule has 0 saturated carbocycles. The zero-order valence-electron chi connectivity index (χ0n) is 10.7. The number of nitrogens with one attached hydrogen (secondary N) is 1. The summed E-state index contributed by atoms with van der Waals surface area (Å²) >= 11 is 0. The molecular formula is C15H19N3. The van der Waals surface area contributed by atoms with Gasteiger partial charge in [0.2, 0.25) is 0 Å². The molecule has 94 valence electrons. The van der Waals surface area contributed by atoms with E-state index in [4.69, 9.17) is 4.99 Å². The van der Waals surface area contributed by atoms with Crippen LogP contribution in [0.2, 0.25) is 0 Å². The van der Waals surface area contributed by atoms with Crippen molar-refractivity contribution < 1.29 is 0 Å². The van der Waals surface area contributed by atoms with Gasteiger partial charge in [-0.2, -0.15) is 0 Å². The summed E-state index contributed by atoms with van der Waals surface area (Å²) in [5.41, 5.74) is 4.27. The molecule has 1 atom stereocenters. The van der Waals surface area contributed by atoms with Crippen molar-refractivity contribution in [3.8, 4) is 0 Å². The largest absolute Gasteiger partial charge is 0.343 e. The Morgan fingerprint density at radius 3 is 2.94 bits per heavy atom. The number of hydrogen-bond donors (Lipinski definition) is 1. The monoisotopic (exact) mass is 241 g/mol. The van der Waals surface area contributed by atoms with Crippen LogP contribution in [0.15, 0.2) is 23.2 Å². The van der Waals surface area contributed by atoms with Crippen molar-refractivity contribution in [2.24, 2.45) is 4.99 Å². The lowest BCUT2D eigenvalue weighted by Gasteiger charge is -2.33. The Kier molecular flexibility index (Phi) is 2.32. The predicted molar refractivity (Wildman–Crippen MR) is 74.0 cm³/mol.